The minimum atomic E-state index is -0.807. The molecule has 5 nitrogen and oxygen atoms in total. The maximum absolute atomic E-state index is 11.9. The molecule has 0 unspecified atom stereocenters. The van der Waals surface area contributed by atoms with E-state index in [0.29, 0.717) is 5.56 Å². The molecule has 106 valence electrons. The predicted octanol–water partition coefficient (Wildman–Crippen LogP) is 1.32. The summed E-state index contributed by atoms with van der Waals surface area (Å²) in [4.78, 5) is 25.6. The molecule has 7 heteroatoms. The van der Waals surface area contributed by atoms with E-state index in [9.17, 15) is 9.59 Å². The zero-order valence-corrected chi connectivity index (χ0v) is 13.5. The van der Waals surface area contributed by atoms with Gasteiger partial charge in [-0.3, -0.25) is 14.9 Å². The largest absolute Gasteiger partial charge is 0.389 e. The van der Waals surface area contributed by atoms with Gasteiger partial charge < -0.3 is 10.6 Å². The first-order valence-electron chi connectivity index (χ1n) is 5.95. The molecular formula is C13H14BrN3O2S. The van der Waals surface area contributed by atoms with Crippen molar-refractivity contribution >= 4 is 50.6 Å². The SMILES string of the molecule is CC1(C)C(=O)NC(=O)CN1c1ccc(C(N)=S)c(Br)c1. The molecule has 0 bridgehead atoms. The summed E-state index contributed by atoms with van der Waals surface area (Å²) in [6.45, 7) is 3.66. The van der Waals surface area contributed by atoms with Crippen LogP contribution in [0, 0.1) is 0 Å². The quantitative estimate of drug-likeness (QED) is 0.618. The number of nitrogens with one attached hydrogen (secondary N) is 1. The molecule has 0 radical (unpaired) electrons. The number of nitrogens with zero attached hydrogens (tertiary/aromatic N) is 1. The van der Waals surface area contributed by atoms with Gasteiger partial charge >= 0.3 is 0 Å². The highest BCUT2D eigenvalue weighted by atomic mass is 79.9. The van der Waals surface area contributed by atoms with Gasteiger partial charge in [-0.1, -0.05) is 12.2 Å². The Labute approximate surface area is 130 Å². The Morgan fingerprint density at radius 1 is 1.45 bits per heavy atom. The first-order chi connectivity index (χ1) is 9.23. The lowest BCUT2D eigenvalue weighted by Gasteiger charge is -2.41. The molecule has 0 saturated carbocycles. The molecule has 1 heterocycles. The lowest BCUT2D eigenvalue weighted by atomic mass is 9.97. The van der Waals surface area contributed by atoms with E-state index in [2.05, 4.69) is 21.2 Å². The minimum Gasteiger partial charge on any atom is -0.389 e. The molecule has 1 fully saturated rings. The molecular weight excluding hydrogens is 342 g/mol. The molecule has 1 aliphatic rings. The van der Waals surface area contributed by atoms with Gasteiger partial charge in [0.1, 0.15) is 10.5 Å². The number of carbonyl (C=O) groups is 2. The fourth-order valence-corrected chi connectivity index (χ4v) is 2.96. The van der Waals surface area contributed by atoms with Gasteiger partial charge in [-0.25, -0.2) is 0 Å². The van der Waals surface area contributed by atoms with Crippen LogP contribution in [0.1, 0.15) is 19.4 Å². The Morgan fingerprint density at radius 2 is 2.10 bits per heavy atom. The number of halogens is 1. The van der Waals surface area contributed by atoms with Crippen LogP contribution in [0.15, 0.2) is 22.7 Å². The number of anilines is 1. The van der Waals surface area contributed by atoms with Crippen molar-refractivity contribution in [1.82, 2.24) is 5.32 Å². The number of hydrogen-bond donors (Lipinski definition) is 2. The molecule has 0 atom stereocenters. The molecule has 2 amide bonds. The van der Waals surface area contributed by atoms with E-state index in [1.54, 1.807) is 30.9 Å². The number of carbonyl (C=O) groups excluding carboxylic acids is 2. The zero-order chi connectivity index (χ0) is 15.1. The van der Waals surface area contributed by atoms with Crippen molar-refractivity contribution in [3.05, 3.63) is 28.2 Å². The van der Waals surface area contributed by atoms with Crippen LogP contribution >= 0.6 is 28.1 Å². The van der Waals surface area contributed by atoms with Crippen molar-refractivity contribution < 1.29 is 9.59 Å². The molecule has 0 aliphatic carbocycles. The van der Waals surface area contributed by atoms with Crippen LogP contribution in [0.4, 0.5) is 5.69 Å². The summed E-state index contributed by atoms with van der Waals surface area (Å²) in [6, 6.07) is 5.38. The summed E-state index contributed by atoms with van der Waals surface area (Å²) < 4.78 is 0.733. The van der Waals surface area contributed by atoms with Crippen LogP contribution in [0.25, 0.3) is 0 Å². The smallest absolute Gasteiger partial charge is 0.251 e. The number of benzene rings is 1. The second-order valence-corrected chi connectivity index (χ2v) is 6.35. The van der Waals surface area contributed by atoms with Crippen molar-refractivity contribution in [3.63, 3.8) is 0 Å². The lowest BCUT2D eigenvalue weighted by Crippen LogP contribution is -2.64. The topological polar surface area (TPSA) is 75.4 Å². The highest BCUT2D eigenvalue weighted by Crippen LogP contribution is 2.30. The van der Waals surface area contributed by atoms with Gasteiger partial charge in [0, 0.05) is 15.7 Å². The molecule has 1 aromatic carbocycles. The summed E-state index contributed by atoms with van der Waals surface area (Å²) in [7, 11) is 0. The summed E-state index contributed by atoms with van der Waals surface area (Å²) in [5.74, 6) is -0.632. The zero-order valence-electron chi connectivity index (χ0n) is 11.1. The summed E-state index contributed by atoms with van der Waals surface area (Å²) in [6.07, 6.45) is 0. The minimum absolute atomic E-state index is 0.123. The molecule has 1 aromatic rings. The number of amides is 2. The third kappa shape index (κ3) is 2.55. The molecule has 1 aliphatic heterocycles. The normalized spacial score (nSPS) is 17.9. The average molecular weight is 356 g/mol. The Bertz CT molecular complexity index is 616. The Morgan fingerprint density at radius 3 is 2.65 bits per heavy atom. The van der Waals surface area contributed by atoms with Crippen LogP contribution < -0.4 is 16.0 Å². The highest BCUT2D eigenvalue weighted by Gasteiger charge is 2.41. The number of piperazine rings is 1. The van der Waals surface area contributed by atoms with Gasteiger partial charge in [0.15, 0.2) is 0 Å². The van der Waals surface area contributed by atoms with Crippen LogP contribution in [-0.2, 0) is 9.59 Å². The molecule has 0 spiro atoms. The fourth-order valence-electron chi connectivity index (χ4n) is 2.07. The van der Waals surface area contributed by atoms with E-state index in [0.717, 1.165) is 10.2 Å². The Kier molecular flexibility index (Phi) is 3.84. The molecule has 0 aromatic heterocycles. The predicted molar refractivity (Wildman–Crippen MR) is 84.6 cm³/mol. The van der Waals surface area contributed by atoms with Crippen LogP contribution in [0.3, 0.4) is 0 Å². The molecule has 20 heavy (non-hydrogen) atoms. The van der Waals surface area contributed by atoms with E-state index in [-0.39, 0.29) is 23.3 Å². The van der Waals surface area contributed by atoms with Crippen LogP contribution in [0.2, 0.25) is 0 Å². The standard InChI is InChI=1S/C13H14BrN3O2S/c1-13(2)12(19)16-10(18)6-17(13)7-3-4-8(11(15)20)9(14)5-7/h3-5H,6H2,1-2H3,(H2,15,20)(H,16,18,19). The van der Waals surface area contributed by atoms with Gasteiger partial charge in [0.05, 0.1) is 6.54 Å². The maximum atomic E-state index is 11.9. The van der Waals surface area contributed by atoms with Gasteiger partial charge in [0.2, 0.25) is 5.91 Å². The fraction of sp³-hybridized carbons (Fsp3) is 0.308. The molecule has 3 N–H and O–H groups in total. The van der Waals surface area contributed by atoms with Crippen molar-refractivity contribution in [2.45, 2.75) is 19.4 Å². The summed E-state index contributed by atoms with van der Waals surface area (Å²) in [5, 5.41) is 2.34. The van der Waals surface area contributed by atoms with Crippen molar-refractivity contribution in [2.24, 2.45) is 5.73 Å². The van der Waals surface area contributed by atoms with Crippen molar-refractivity contribution in [3.8, 4) is 0 Å². The summed E-state index contributed by atoms with van der Waals surface area (Å²) in [5.41, 5.74) is 6.27. The van der Waals surface area contributed by atoms with Gasteiger partial charge in [0.25, 0.3) is 5.91 Å². The Balaban J connectivity index is 2.44. The Hall–Kier alpha value is -1.47. The van der Waals surface area contributed by atoms with E-state index in [1.807, 2.05) is 6.07 Å². The molecule has 2 rings (SSSR count). The average Bonchev–Trinajstić information content (AvgIpc) is 2.33. The van der Waals surface area contributed by atoms with Crippen molar-refractivity contribution in [1.29, 1.82) is 0 Å². The maximum Gasteiger partial charge on any atom is 0.251 e. The summed E-state index contributed by atoms with van der Waals surface area (Å²) >= 11 is 8.35. The van der Waals surface area contributed by atoms with E-state index in [1.165, 1.54) is 0 Å². The second kappa shape index (κ2) is 5.14. The van der Waals surface area contributed by atoms with E-state index < -0.39 is 5.54 Å². The third-order valence-corrected chi connectivity index (χ3v) is 4.19. The first-order valence-corrected chi connectivity index (χ1v) is 7.15. The second-order valence-electron chi connectivity index (χ2n) is 5.05. The van der Waals surface area contributed by atoms with Crippen LogP contribution in [0.5, 0.6) is 0 Å². The lowest BCUT2D eigenvalue weighted by molar-refractivity contribution is -0.135. The number of hydrogen-bond acceptors (Lipinski definition) is 4. The number of thiocarbonyl (C=S) groups is 1. The number of rotatable bonds is 2. The molecule has 1 saturated heterocycles. The first kappa shape index (κ1) is 14.9. The van der Waals surface area contributed by atoms with Crippen LogP contribution in [-0.4, -0.2) is 28.9 Å². The highest BCUT2D eigenvalue weighted by molar-refractivity contribution is 9.10. The van der Waals surface area contributed by atoms with E-state index in [4.69, 9.17) is 18.0 Å². The van der Waals surface area contributed by atoms with Gasteiger partial charge in [-0.15, -0.1) is 0 Å². The van der Waals surface area contributed by atoms with Gasteiger partial charge in [-0.2, -0.15) is 0 Å². The number of imide groups is 1. The third-order valence-electron chi connectivity index (χ3n) is 3.31. The van der Waals surface area contributed by atoms with Crippen molar-refractivity contribution in [2.75, 3.05) is 11.4 Å². The monoisotopic (exact) mass is 355 g/mol. The van der Waals surface area contributed by atoms with Gasteiger partial charge in [-0.05, 0) is 48.0 Å². The van der Waals surface area contributed by atoms with E-state index >= 15 is 0 Å². The number of nitrogens with two attached hydrogens (primary N) is 1.